The largest absolute Gasteiger partial charge is 0.375 e. The van der Waals surface area contributed by atoms with Crippen molar-refractivity contribution in [2.45, 2.75) is 43.7 Å². The summed E-state index contributed by atoms with van der Waals surface area (Å²) >= 11 is 1.77. The summed E-state index contributed by atoms with van der Waals surface area (Å²) in [5.41, 5.74) is 0.972. The lowest BCUT2D eigenvalue weighted by Crippen LogP contribution is -2.50. The minimum atomic E-state index is 0.0325. The van der Waals surface area contributed by atoms with E-state index in [2.05, 4.69) is 0 Å². The van der Waals surface area contributed by atoms with Gasteiger partial charge in [-0.1, -0.05) is 12.1 Å². The number of rotatable bonds is 3. The normalized spacial score (nSPS) is 23.8. The second-order valence-corrected chi connectivity index (χ2v) is 7.54. The predicted molar refractivity (Wildman–Crippen MR) is 95.3 cm³/mol. The molecule has 0 saturated carbocycles. The van der Waals surface area contributed by atoms with Gasteiger partial charge in [-0.15, -0.1) is 11.8 Å². The first kappa shape index (κ1) is 17.3. The molecule has 0 unspecified atom stereocenters. The maximum absolute atomic E-state index is 12.6. The minimum absolute atomic E-state index is 0.0325. The molecule has 0 aliphatic carbocycles. The number of ether oxygens (including phenoxy) is 1. The van der Waals surface area contributed by atoms with Gasteiger partial charge in [0, 0.05) is 36.6 Å². The van der Waals surface area contributed by atoms with Crippen molar-refractivity contribution in [1.29, 1.82) is 0 Å². The van der Waals surface area contributed by atoms with E-state index in [0.29, 0.717) is 19.7 Å². The van der Waals surface area contributed by atoms with Crippen LogP contribution in [0.4, 0.5) is 5.69 Å². The Morgan fingerprint density at radius 1 is 1.21 bits per heavy atom. The van der Waals surface area contributed by atoms with Crippen LogP contribution < -0.4 is 4.90 Å². The standard InChI is InChI=1S/C18H24N2O3S/c1-13-12-23-14(2)11-20(13)18(22)8-7-17(21)19-9-10-24-16-6-4-3-5-15(16)19/h3-6,13-14H,7-12H2,1-2H3/t13-,14+/m1/s1. The first-order valence-corrected chi connectivity index (χ1v) is 9.48. The third-order valence-electron chi connectivity index (χ3n) is 4.51. The predicted octanol–water partition coefficient (Wildman–Crippen LogP) is 2.54. The molecule has 0 radical (unpaired) electrons. The molecule has 130 valence electrons. The van der Waals surface area contributed by atoms with Gasteiger partial charge in [0.1, 0.15) is 0 Å². The van der Waals surface area contributed by atoms with Crippen LogP contribution >= 0.6 is 11.8 Å². The molecule has 1 aromatic carbocycles. The van der Waals surface area contributed by atoms with E-state index in [1.807, 2.05) is 47.9 Å². The SMILES string of the molecule is C[C@@H]1CO[C@@H](C)CN1C(=O)CCC(=O)N1CCSc2ccccc21. The fourth-order valence-electron chi connectivity index (χ4n) is 3.17. The Hall–Kier alpha value is -1.53. The third kappa shape index (κ3) is 3.75. The van der Waals surface area contributed by atoms with E-state index in [0.717, 1.165) is 16.3 Å². The van der Waals surface area contributed by atoms with E-state index in [1.165, 1.54) is 0 Å². The zero-order chi connectivity index (χ0) is 17.1. The number of para-hydroxylation sites is 1. The molecule has 5 nitrogen and oxygen atoms in total. The molecule has 3 rings (SSSR count). The molecule has 2 aliphatic rings. The third-order valence-corrected chi connectivity index (χ3v) is 5.55. The number of thioether (sulfide) groups is 1. The summed E-state index contributed by atoms with van der Waals surface area (Å²) in [4.78, 5) is 29.9. The highest BCUT2D eigenvalue weighted by molar-refractivity contribution is 7.99. The monoisotopic (exact) mass is 348 g/mol. The fourth-order valence-corrected chi connectivity index (χ4v) is 4.17. The molecule has 0 aromatic heterocycles. The van der Waals surface area contributed by atoms with Crippen molar-refractivity contribution >= 4 is 29.3 Å². The summed E-state index contributed by atoms with van der Waals surface area (Å²) in [7, 11) is 0. The lowest BCUT2D eigenvalue weighted by atomic mass is 10.1. The van der Waals surface area contributed by atoms with Crippen LogP contribution in [-0.2, 0) is 14.3 Å². The Morgan fingerprint density at radius 2 is 1.96 bits per heavy atom. The van der Waals surface area contributed by atoms with Crippen molar-refractivity contribution in [3.05, 3.63) is 24.3 Å². The van der Waals surface area contributed by atoms with E-state index in [4.69, 9.17) is 4.74 Å². The van der Waals surface area contributed by atoms with Gasteiger partial charge in [-0.3, -0.25) is 9.59 Å². The van der Waals surface area contributed by atoms with Crippen LogP contribution in [0.25, 0.3) is 0 Å². The summed E-state index contributed by atoms with van der Waals surface area (Å²) in [5, 5.41) is 0. The van der Waals surface area contributed by atoms with Gasteiger partial charge in [0.25, 0.3) is 0 Å². The Bertz CT molecular complexity index is 622. The molecule has 24 heavy (non-hydrogen) atoms. The number of carbonyl (C=O) groups is 2. The number of fused-ring (bicyclic) bond motifs is 1. The highest BCUT2D eigenvalue weighted by Gasteiger charge is 2.29. The van der Waals surface area contributed by atoms with Gasteiger partial charge in [0.15, 0.2) is 0 Å². The number of morpholine rings is 1. The summed E-state index contributed by atoms with van der Waals surface area (Å²) in [6.45, 7) is 5.85. The highest BCUT2D eigenvalue weighted by Crippen LogP contribution is 2.34. The zero-order valence-corrected chi connectivity index (χ0v) is 15.1. The van der Waals surface area contributed by atoms with Crippen LogP contribution in [0.3, 0.4) is 0 Å². The molecule has 1 fully saturated rings. The second-order valence-electron chi connectivity index (χ2n) is 6.40. The number of anilines is 1. The molecule has 0 bridgehead atoms. The smallest absolute Gasteiger partial charge is 0.227 e. The molecule has 2 amide bonds. The molecule has 0 spiro atoms. The number of nitrogens with zero attached hydrogens (tertiary/aromatic N) is 2. The second kappa shape index (κ2) is 7.57. The average molecular weight is 348 g/mol. The molecule has 1 aromatic rings. The van der Waals surface area contributed by atoms with E-state index in [-0.39, 0.29) is 36.8 Å². The van der Waals surface area contributed by atoms with E-state index >= 15 is 0 Å². The number of amides is 2. The lowest BCUT2D eigenvalue weighted by molar-refractivity contribution is -0.144. The quantitative estimate of drug-likeness (QED) is 0.842. The van der Waals surface area contributed by atoms with Gasteiger partial charge in [0.2, 0.25) is 11.8 Å². The van der Waals surface area contributed by atoms with Crippen LogP contribution in [0.15, 0.2) is 29.2 Å². The maximum Gasteiger partial charge on any atom is 0.227 e. The highest BCUT2D eigenvalue weighted by atomic mass is 32.2. The summed E-state index contributed by atoms with van der Waals surface area (Å²) < 4.78 is 5.56. The lowest BCUT2D eigenvalue weighted by Gasteiger charge is -2.37. The Morgan fingerprint density at radius 3 is 2.79 bits per heavy atom. The average Bonchev–Trinajstić information content (AvgIpc) is 2.61. The topological polar surface area (TPSA) is 49.9 Å². The van der Waals surface area contributed by atoms with Crippen LogP contribution in [0.1, 0.15) is 26.7 Å². The van der Waals surface area contributed by atoms with Gasteiger partial charge in [0.05, 0.1) is 24.4 Å². The molecule has 0 N–H and O–H groups in total. The molecule has 6 heteroatoms. The van der Waals surface area contributed by atoms with E-state index < -0.39 is 0 Å². The maximum atomic E-state index is 12.6. The van der Waals surface area contributed by atoms with Crippen molar-refractivity contribution in [3.8, 4) is 0 Å². The number of hydrogen-bond acceptors (Lipinski definition) is 4. The number of carbonyl (C=O) groups excluding carboxylic acids is 2. The van der Waals surface area contributed by atoms with Crippen LogP contribution in [0.5, 0.6) is 0 Å². The van der Waals surface area contributed by atoms with Crippen molar-refractivity contribution in [2.75, 3.05) is 30.3 Å². The molecule has 2 atom stereocenters. The number of benzene rings is 1. The molecule has 2 aliphatic heterocycles. The minimum Gasteiger partial charge on any atom is -0.375 e. The van der Waals surface area contributed by atoms with Crippen molar-refractivity contribution < 1.29 is 14.3 Å². The van der Waals surface area contributed by atoms with Gasteiger partial charge < -0.3 is 14.5 Å². The summed E-state index contributed by atoms with van der Waals surface area (Å²) in [5.74, 6) is 0.977. The Kier molecular flexibility index (Phi) is 5.46. The van der Waals surface area contributed by atoms with Crippen molar-refractivity contribution in [2.24, 2.45) is 0 Å². The van der Waals surface area contributed by atoms with E-state index in [1.54, 1.807) is 11.8 Å². The molecular formula is C18H24N2O3S. The van der Waals surface area contributed by atoms with Crippen molar-refractivity contribution in [3.63, 3.8) is 0 Å². The van der Waals surface area contributed by atoms with Gasteiger partial charge >= 0.3 is 0 Å². The Balaban J connectivity index is 1.59. The molecular weight excluding hydrogens is 324 g/mol. The van der Waals surface area contributed by atoms with Gasteiger partial charge in [-0.25, -0.2) is 0 Å². The summed E-state index contributed by atoms with van der Waals surface area (Å²) in [6, 6.07) is 8.04. The molecule has 2 heterocycles. The first-order chi connectivity index (χ1) is 11.6. The van der Waals surface area contributed by atoms with Crippen molar-refractivity contribution in [1.82, 2.24) is 4.90 Å². The Labute approximate surface area is 147 Å². The molecule has 1 saturated heterocycles. The summed E-state index contributed by atoms with van der Waals surface area (Å²) in [6.07, 6.45) is 0.588. The van der Waals surface area contributed by atoms with Crippen LogP contribution in [0.2, 0.25) is 0 Å². The number of hydrogen-bond donors (Lipinski definition) is 0. The first-order valence-electron chi connectivity index (χ1n) is 8.49. The van der Waals surface area contributed by atoms with Gasteiger partial charge in [-0.05, 0) is 26.0 Å². The van der Waals surface area contributed by atoms with Crippen LogP contribution in [-0.4, -0.2) is 54.3 Å². The fraction of sp³-hybridized carbons (Fsp3) is 0.556. The zero-order valence-electron chi connectivity index (χ0n) is 14.2. The van der Waals surface area contributed by atoms with Crippen LogP contribution in [0, 0.1) is 0 Å². The van der Waals surface area contributed by atoms with E-state index in [9.17, 15) is 9.59 Å². The van der Waals surface area contributed by atoms with Gasteiger partial charge in [-0.2, -0.15) is 0 Å².